The molecule has 27 heavy (non-hydrogen) atoms. The molecule has 1 aliphatic rings. The lowest BCUT2D eigenvalue weighted by Gasteiger charge is -2.11. The van der Waals surface area contributed by atoms with Crippen LogP contribution in [0.5, 0.6) is 0 Å². The fraction of sp³-hybridized carbons (Fsp3) is 0.222. The molecule has 0 spiro atoms. The maximum Gasteiger partial charge on any atom is 0.258 e. The van der Waals surface area contributed by atoms with Crippen molar-refractivity contribution in [3.05, 3.63) is 51.6 Å². The van der Waals surface area contributed by atoms with E-state index >= 15 is 0 Å². The molecule has 2 N–H and O–H groups in total. The Morgan fingerprint density at radius 2 is 1.93 bits per heavy atom. The molecule has 1 aliphatic carbocycles. The standard InChI is InChI=1S/C18H13Cl2FN4O2/c19-12-5-9(1-3-22)6-13(20)16(12)18(27)24-10-2-4-23-15(7-10)25-17(26)11-8-14(11)21/h2,4-7,11,14H,1,8H2,(H2,23,24,25,26,27)/t11-,14+/m0/s1. The highest BCUT2D eigenvalue weighted by Crippen LogP contribution is 2.34. The first-order valence-corrected chi connectivity index (χ1v) is 8.72. The lowest BCUT2D eigenvalue weighted by molar-refractivity contribution is -0.117. The molecular formula is C18H13Cl2FN4O2. The molecule has 0 aliphatic heterocycles. The van der Waals surface area contributed by atoms with Crippen LogP contribution in [0, 0.1) is 17.2 Å². The fourth-order valence-electron chi connectivity index (χ4n) is 2.46. The summed E-state index contributed by atoms with van der Waals surface area (Å²) in [6.07, 6.45) is 0.613. The van der Waals surface area contributed by atoms with Crippen LogP contribution in [-0.4, -0.2) is 23.0 Å². The fourth-order valence-corrected chi connectivity index (χ4v) is 3.16. The van der Waals surface area contributed by atoms with Crippen LogP contribution in [0.4, 0.5) is 15.9 Å². The summed E-state index contributed by atoms with van der Waals surface area (Å²) < 4.78 is 12.9. The van der Waals surface area contributed by atoms with Gasteiger partial charge in [0.15, 0.2) is 0 Å². The van der Waals surface area contributed by atoms with Gasteiger partial charge < -0.3 is 10.6 Å². The van der Waals surface area contributed by atoms with E-state index in [1.54, 1.807) is 0 Å². The third kappa shape index (κ3) is 4.54. The molecule has 0 radical (unpaired) electrons. The van der Waals surface area contributed by atoms with Crippen molar-refractivity contribution in [1.82, 2.24) is 4.98 Å². The van der Waals surface area contributed by atoms with Crippen molar-refractivity contribution in [2.45, 2.75) is 19.0 Å². The number of nitrogens with one attached hydrogen (secondary N) is 2. The number of carbonyl (C=O) groups excluding carboxylic acids is 2. The first-order chi connectivity index (χ1) is 12.9. The second-order valence-electron chi connectivity index (χ2n) is 6.00. The van der Waals surface area contributed by atoms with E-state index in [-0.39, 0.29) is 34.3 Å². The van der Waals surface area contributed by atoms with Gasteiger partial charge in [-0.05, 0) is 30.2 Å². The van der Waals surface area contributed by atoms with Crippen molar-refractivity contribution < 1.29 is 14.0 Å². The van der Waals surface area contributed by atoms with E-state index in [1.165, 1.54) is 30.5 Å². The molecule has 1 heterocycles. The number of carbonyl (C=O) groups is 2. The van der Waals surface area contributed by atoms with Crippen LogP contribution in [-0.2, 0) is 11.2 Å². The highest BCUT2D eigenvalue weighted by Gasteiger charge is 2.43. The summed E-state index contributed by atoms with van der Waals surface area (Å²) in [5.41, 5.74) is 1.02. The Balaban J connectivity index is 1.74. The number of nitriles is 1. The first kappa shape index (κ1) is 19.1. The third-order valence-electron chi connectivity index (χ3n) is 3.93. The van der Waals surface area contributed by atoms with E-state index in [0.717, 1.165) is 0 Å². The van der Waals surface area contributed by atoms with Gasteiger partial charge in [0, 0.05) is 18.0 Å². The van der Waals surface area contributed by atoms with Gasteiger partial charge in [0.05, 0.1) is 34.0 Å². The minimum Gasteiger partial charge on any atom is -0.322 e. The number of pyridine rings is 1. The first-order valence-electron chi connectivity index (χ1n) is 7.96. The summed E-state index contributed by atoms with van der Waals surface area (Å²) in [5, 5.41) is 14.1. The Morgan fingerprint density at radius 3 is 2.52 bits per heavy atom. The molecule has 3 rings (SSSR count). The molecular weight excluding hydrogens is 394 g/mol. The molecule has 9 heteroatoms. The summed E-state index contributed by atoms with van der Waals surface area (Å²) >= 11 is 12.3. The number of benzene rings is 1. The van der Waals surface area contributed by atoms with E-state index < -0.39 is 23.9 Å². The Labute approximate surface area is 164 Å². The number of aromatic nitrogens is 1. The normalized spacial score (nSPS) is 17.7. The molecule has 1 aromatic heterocycles. The summed E-state index contributed by atoms with van der Waals surface area (Å²) in [6.45, 7) is 0. The Morgan fingerprint density at radius 1 is 1.26 bits per heavy atom. The van der Waals surface area contributed by atoms with Gasteiger partial charge in [-0.2, -0.15) is 5.26 Å². The predicted octanol–water partition coefficient (Wildman–Crippen LogP) is 4.00. The zero-order chi connectivity index (χ0) is 19.6. The highest BCUT2D eigenvalue weighted by atomic mass is 35.5. The van der Waals surface area contributed by atoms with Gasteiger partial charge in [0.25, 0.3) is 5.91 Å². The van der Waals surface area contributed by atoms with Gasteiger partial charge in [-0.25, -0.2) is 9.37 Å². The molecule has 0 saturated heterocycles. The number of alkyl halides is 1. The SMILES string of the molecule is N#CCc1cc(Cl)c(C(=O)Nc2ccnc(NC(=O)[C@H]3C[C@H]3F)c2)c(Cl)c1. The maximum absolute atomic E-state index is 12.9. The number of anilines is 2. The second kappa shape index (κ2) is 7.91. The third-order valence-corrected chi connectivity index (χ3v) is 4.53. The van der Waals surface area contributed by atoms with E-state index in [9.17, 15) is 14.0 Å². The summed E-state index contributed by atoms with van der Waals surface area (Å²) in [6, 6.07) is 7.96. The molecule has 2 aromatic rings. The van der Waals surface area contributed by atoms with Crippen LogP contribution in [0.1, 0.15) is 22.3 Å². The Kier molecular flexibility index (Phi) is 5.59. The molecule has 6 nitrogen and oxygen atoms in total. The van der Waals surface area contributed by atoms with Crippen molar-refractivity contribution >= 4 is 46.5 Å². The molecule has 138 valence electrons. The monoisotopic (exact) mass is 406 g/mol. The smallest absolute Gasteiger partial charge is 0.258 e. The maximum atomic E-state index is 12.9. The lowest BCUT2D eigenvalue weighted by Crippen LogP contribution is -2.17. The molecule has 1 aromatic carbocycles. The molecule has 1 fully saturated rings. The van der Waals surface area contributed by atoms with E-state index in [4.69, 9.17) is 28.5 Å². The zero-order valence-corrected chi connectivity index (χ0v) is 15.3. The van der Waals surface area contributed by atoms with Crippen LogP contribution in [0.3, 0.4) is 0 Å². The van der Waals surface area contributed by atoms with E-state index in [0.29, 0.717) is 11.3 Å². The van der Waals surface area contributed by atoms with Gasteiger partial charge in [0.1, 0.15) is 12.0 Å². The predicted molar refractivity (Wildman–Crippen MR) is 99.6 cm³/mol. The number of amides is 2. The number of hydrogen-bond donors (Lipinski definition) is 2. The van der Waals surface area contributed by atoms with Crippen LogP contribution in [0.2, 0.25) is 10.0 Å². The lowest BCUT2D eigenvalue weighted by atomic mass is 10.1. The Hall–Kier alpha value is -2.69. The van der Waals surface area contributed by atoms with Crippen LogP contribution < -0.4 is 10.6 Å². The molecule has 2 atom stereocenters. The minimum absolute atomic E-state index is 0.0701. The summed E-state index contributed by atoms with van der Waals surface area (Å²) in [4.78, 5) is 28.3. The van der Waals surface area contributed by atoms with Crippen molar-refractivity contribution in [3.63, 3.8) is 0 Å². The largest absolute Gasteiger partial charge is 0.322 e. The molecule has 0 bridgehead atoms. The van der Waals surface area contributed by atoms with Gasteiger partial charge in [-0.3, -0.25) is 9.59 Å². The van der Waals surface area contributed by atoms with Crippen molar-refractivity contribution in [2.75, 3.05) is 10.6 Å². The zero-order valence-electron chi connectivity index (χ0n) is 13.8. The van der Waals surface area contributed by atoms with Crippen LogP contribution >= 0.6 is 23.2 Å². The van der Waals surface area contributed by atoms with Gasteiger partial charge in [0.2, 0.25) is 5.91 Å². The van der Waals surface area contributed by atoms with E-state index in [1.807, 2.05) is 6.07 Å². The van der Waals surface area contributed by atoms with E-state index in [2.05, 4.69) is 15.6 Å². The van der Waals surface area contributed by atoms with Gasteiger partial charge >= 0.3 is 0 Å². The number of rotatable bonds is 5. The number of halogens is 3. The minimum atomic E-state index is -1.11. The van der Waals surface area contributed by atoms with Crippen LogP contribution in [0.25, 0.3) is 0 Å². The second-order valence-corrected chi connectivity index (χ2v) is 6.82. The summed E-state index contributed by atoms with van der Waals surface area (Å²) in [5.74, 6) is -1.45. The summed E-state index contributed by atoms with van der Waals surface area (Å²) in [7, 11) is 0. The average molecular weight is 407 g/mol. The van der Waals surface area contributed by atoms with Crippen molar-refractivity contribution in [2.24, 2.45) is 5.92 Å². The van der Waals surface area contributed by atoms with Crippen molar-refractivity contribution in [1.29, 1.82) is 5.26 Å². The van der Waals surface area contributed by atoms with Crippen molar-refractivity contribution in [3.8, 4) is 6.07 Å². The van der Waals surface area contributed by atoms with Gasteiger partial charge in [-0.15, -0.1) is 0 Å². The number of nitrogens with zero attached hydrogens (tertiary/aromatic N) is 2. The molecule has 1 saturated carbocycles. The van der Waals surface area contributed by atoms with Crippen LogP contribution in [0.15, 0.2) is 30.5 Å². The Bertz CT molecular complexity index is 938. The quantitative estimate of drug-likeness (QED) is 0.783. The highest BCUT2D eigenvalue weighted by molar-refractivity contribution is 6.40. The topological polar surface area (TPSA) is 94.9 Å². The molecule has 2 amide bonds. The molecule has 0 unspecified atom stereocenters. The van der Waals surface area contributed by atoms with Gasteiger partial charge in [-0.1, -0.05) is 23.2 Å². The number of hydrogen-bond acceptors (Lipinski definition) is 4. The average Bonchev–Trinajstić information content (AvgIpc) is 3.32.